The average molecular weight is 516 g/mol. The molecular formula is C23H26ClF4N5O2. The number of rotatable bonds is 6. The third-order valence-corrected chi connectivity index (χ3v) is 7.26. The van der Waals surface area contributed by atoms with Gasteiger partial charge in [0.25, 0.3) is 5.91 Å². The molecule has 2 aromatic rings. The van der Waals surface area contributed by atoms with Gasteiger partial charge in [0.05, 0.1) is 10.7 Å². The maximum atomic E-state index is 13.4. The predicted molar refractivity (Wildman–Crippen MR) is 122 cm³/mol. The Morgan fingerprint density at radius 3 is 2.46 bits per heavy atom. The van der Waals surface area contributed by atoms with Crippen molar-refractivity contribution in [2.24, 2.45) is 24.8 Å². The fourth-order valence-corrected chi connectivity index (χ4v) is 5.66. The molecule has 1 aromatic heterocycles. The van der Waals surface area contributed by atoms with Crippen LogP contribution in [0.2, 0.25) is 5.02 Å². The van der Waals surface area contributed by atoms with Gasteiger partial charge in [-0.05, 0) is 61.6 Å². The molecule has 12 heteroatoms. The molecule has 190 valence electrons. The number of carbonyl (C=O) groups is 2. The van der Waals surface area contributed by atoms with Gasteiger partial charge in [0.15, 0.2) is 0 Å². The van der Waals surface area contributed by atoms with E-state index in [9.17, 15) is 27.2 Å². The number of hydrogen-bond acceptors (Lipinski definition) is 4. The highest BCUT2D eigenvalue weighted by atomic mass is 35.5. The Morgan fingerprint density at radius 2 is 1.86 bits per heavy atom. The second-order valence-corrected chi connectivity index (χ2v) is 9.88. The SMILES string of the molecule is Cn1nc(C2CC3CC(CNC(=O)CC(F)(F)F)CC3C2)c(C(=O)Nc2ccc(F)c(Cl)c2)c1N. The van der Waals surface area contributed by atoms with Crippen molar-refractivity contribution in [1.29, 1.82) is 0 Å². The quantitative estimate of drug-likeness (QED) is 0.488. The molecule has 1 aromatic carbocycles. The summed E-state index contributed by atoms with van der Waals surface area (Å²) in [7, 11) is 1.65. The Kier molecular flexibility index (Phi) is 6.99. The topological polar surface area (TPSA) is 102 Å². The van der Waals surface area contributed by atoms with Crippen LogP contribution >= 0.6 is 11.6 Å². The van der Waals surface area contributed by atoms with Crippen LogP contribution in [0.4, 0.5) is 29.1 Å². The first-order valence-corrected chi connectivity index (χ1v) is 11.7. The monoisotopic (exact) mass is 515 g/mol. The van der Waals surface area contributed by atoms with Crippen LogP contribution in [0.1, 0.15) is 54.1 Å². The van der Waals surface area contributed by atoms with Crippen LogP contribution in [0.25, 0.3) is 0 Å². The lowest BCUT2D eigenvalue weighted by molar-refractivity contribution is -0.153. The highest BCUT2D eigenvalue weighted by Gasteiger charge is 2.44. The number of nitrogen functional groups attached to an aromatic ring is 1. The van der Waals surface area contributed by atoms with Gasteiger partial charge in [0, 0.05) is 25.2 Å². The van der Waals surface area contributed by atoms with Crippen molar-refractivity contribution < 1.29 is 27.2 Å². The Labute approximate surface area is 204 Å². The molecule has 2 saturated carbocycles. The minimum Gasteiger partial charge on any atom is -0.383 e. The maximum Gasteiger partial charge on any atom is 0.397 e. The minimum atomic E-state index is -4.51. The van der Waals surface area contributed by atoms with Gasteiger partial charge < -0.3 is 16.4 Å². The molecule has 2 fully saturated rings. The lowest BCUT2D eigenvalue weighted by Crippen LogP contribution is -2.32. The summed E-state index contributed by atoms with van der Waals surface area (Å²) in [6, 6.07) is 3.87. The van der Waals surface area contributed by atoms with Gasteiger partial charge >= 0.3 is 6.18 Å². The van der Waals surface area contributed by atoms with Crippen LogP contribution in [-0.4, -0.2) is 34.3 Å². The van der Waals surface area contributed by atoms with E-state index in [-0.39, 0.29) is 34.8 Å². The van der Waals surface area contributed by atoms with E-state index in [4.69, 9.17) is 17.3 Å². The molecule has 0 radical (unpaired) electrons. The first-order valence-electron chi connectivity index (χ1n) is 11.3. The molecule has 0 saturated heterocycles. The Bertz CT molecular complexity index is 1120. The van der Waals surface area contributed by atoms with Crippen molar-refractivity contribution in [3.8, 4) is 0 Å². The number of halogens is 5. The van der Waals surface area contributed by atoms with Crippen LogP contribution in [-0.2, 0) is 11.8 Å². The molecule has 2 atom stereocenters. The standard InChI is InChI=1S/C23H26ClF4N5O2/c1-33-21(29)19(22(35)31-15-2-3-17(25)16(24)8-15)20(32-33)14-6-12-4-11(5-13(12)7-14)10-30-18(34)9-23(26,27)28/h2-3,8,11-14H,4-7,9-10,29H2,1H3,(H,30,34)(H,31,35). The molecule has 0 aliphatic heterocycles. The number of nitrogens with two attached hydrogens (primary N) is 1. The number of benzene rings is 1. The summed E-state index contributed by atoms with van der Waals surface area (Å²) >= 11 is 5.81. The molecule has 2 amide bonds. The maximum absolute atomic E-state index is 13.4. The predicted octanol–water partition coefficient (Wildman–Crippen LogP) is 4.64. The number of anilines is 2. The zero-order chi connectivity index (χ0) is 25.5. The molecule has 35 heavy (non-hydrogen) atoms. The number of carbonyl (C=O) groups excluding carboxylic acids is 2. The molecule has 2 aliphatic rings. The van der Waals surface area contributed by atoms with Crippen molar-refractivity contribution in [2.75, 3.05) is 17.6 Å². The zero-order valence-corrected chi connectivity index (χ0v) is 19.7. The largest absolute Gasteiger partial charge is 0.397 e. The minimum absolute atomic E-state index is 0.00632. The molecule has 2 aliphatic carbocycles. The number of nitrogens with one attached hydrogen (secondary N) is 2. The second-order valence-electron chi connectivity index (χ2n) is 9.47. The number of hydrogen-bond donors (Lipinski definition) is 3. The van der Waals surface area contributed by atoms with E-state index < -0.39 is 30.2 Å². The number of aryl methyl sites for hydroxylation is 1. The Hall–Kier alpha value is -2.82. The third-order valence-electron chi connectivity index (χ3n) is 6.97. The van der Waals surface area contributed by atoms with Gasteiger partial charge in [-0.3, -0.25) is 14.3 Å². The average Bonchev–Trinajstić information content (AvgIpc) is 3.40. The number of amides is 2. The van der Waals surface area contributed by atoms with Crippen LogP contribution in [0.15, 0.2) is 18.2 Å². The lowest BCUT2D eigenvalue weighted by Gasteiger charge is -2.16. The summed E-state index contributed by atoms with van der Waals surface area (Å²) in [6.45, 7) is 0.233. The molecule has 4 N–H and O–H groups in total. The van der Waals surface area contributed by atoms with Crippen LogP contribution in [0.5, 0.6) is 0 Å². The van der Waals surface area contributed by atoms with Crippen molar-refractivity contribution in [2.45, 2.75) is 44.2 Å². The zero-order valence-electron chi connectivity index (χ0n) is 19.0. The highest BCUT2D eigenvalue weighted by molar-refractivity contribution is 6.31. The molecule has 4 rings (SSSR count). The molecule has 1 heterocycles. The van der Waals surface area contributed by atoms with Crippen molar-refractivity contribution in [3.63, 3.8) is 0 Å². The number of aromatic nitrogens is 2. The summed E-state index contributed by atoms with van der Waals surface area (Å²) in [5.41, 5.74) is 7.36. The van der Waals surface area contributed by atoms with Crippen molar-refractivity contribution in [3.05, 3.63) is 40.3 Å². The number of nitrogens with zero attached hydrogens (tertiary/aromatic N) is 2. The van der Waals surface area contributed by atoms with Gasteiger partial charge in [-0.1, -0.05) is 11.6 Å². The van der Waals surface area contributed by atoms with Crippen LogP contribution in [0, 0.1) is 23.6 Å². The van der Waals surface area contributed by atoms with Crippen molar-refractivity contribution in [1.82, 2.24) is 15.1 Å². The lowest BCUT2D eigenvalue weighted by atomic mass is 9.93. The Balaban J connectivity index is 1.39. The normalized spacial score (nSPS) is 23.8. The molecule has 7 nitrogen and oxygen atoms in total. The van der Waals surface area contributed by atoms with E-state index in [0.717, 1.165) is 31.7 Å². The fourth-order valence-electron chi connectivity index (χ4n) is 5.48. The highest BCUT2D eigenvalue weighted by Crippen LogP contribution is 2.52. The van der Waals surface area contributed by atoms with Gasteiger partial charge in [0.1, 0.15) is 23.6 Å². The summed E-state index contributed by atoms with van der Waals surface area (Å²) in [5, 5.41) is 9.50. The van der Waals surface area contributed by atoms with E-state index in [1.807, 2.05) is 0 Å². The third kappa shape index (κ3) is 5.71. The van der Waals surface area contributed by atoms with Gasteiger partial charge in [-0.15, -0.1) is 0 Å². The van der Waals surface area contributed by atoms with Gasteiger partial charge in [-0.2, -0.15) is 18.3 Å². The summed E-state index contributed by atoms with van der Waals surface area (Å²) in [4.78, 5) is 24.6. The van der Waals surface area contributed by atoms with E-state index in [2.05, 4.69) is 15.7 Å². The molecular weight excluding hydrogens is 490 g/mol. The summed E-state index contributed by atoms with van der Waals surface area (Å²) in [5.74, 6) is -1.05. The molecule has 0 bridgehead atoms. The summed E-state index contributed by atoms with van der Waals surface area (Å²) < 4.78 is 51.9. The molecule has 2 unspecified atom stereocenters. The number of fused-ring (bicyclic) bond motifs is 1. The van der Waals surface area contributed by atoms with E-state index >= 15 is 0 Å². The number of alkyl halides is 3. The van der Waals surface area contributed by atoms with Crippen LogP contribution < -0.4 is 16.4 Å². The molecule has 0 spiro atoms. The van der Waals surface area contributed by atoms with Crippen LogP contribution in [0.3, 0.4) is 0 Å². The van der Waals surface area contributed by atoms with E-state index in [1.54, 1.807) is 7.05 Å². The second kappa shape index (κ2) is 9.67. The summed E-state index contributed by atoms with van der Waals surface area (Å²) in [6.07, 6.45) is -2.84. The first kappa shape index (κ1) is 25.3. The van der Waals surface area contributed by atoms with Gasteiger partial charge in [-0.25, -0.2) is 4.39 Å². The smallest absolute Gasteiger partial charge is 0.383 e. The first-order chi connectivity index (χ1) is 16.4. The Morgan fingerprint density at radius 1 is 1.20 bits per heavy atom. The van der Waals surface area contributed by atoms with Crippen molar-refractivity contribution >= 4 is 34.9 Å². The van der Waals surface area contributed by atoms with E-state index in [1.165, 1.54) is 16.8 Å². The fraction of sp³-hybridized carbons (Fsp3) is 0.522. The van der Waals surface area contributed by atoms with Gasteiger partial charge in [0.2, 0.25) is 5.91 Å². The van der Waals surface area contributed by atoms with E-state index in [0.29, 0.717) is 23.2 Å².